The van der Waals surface area contributed by atoms with Crippen LogP contribution in [0.2, 0.25) is 0 Å². The monoisotopic (exact) mass is 283 g/mol. The predicted molar refractivity (Wildman–Crippen MR) is 75.2 cm³/mol. The van der Waals surface area contributed by atoms with Gasteiger partial charge in [-0.3, -0.25) is 4.79 Å². The standard InChI is InChI=1S/C14H25N3O3/c1-4-6-12-16-13(20-17-12)9-15-11(3)8-5-7-10(2)14(18)19/h10-11,15H,4-9H2,1-3H3,(H,18,19). The summed E-state index contributed by atoms with van der Waals surface area (Å²) in [6.45, 7) is 6.46. The molecule has 20 heavy (non-hydrogen) atoms. The van der Waals surface area contributed by atoms with Gasteiger partial charge in [0.25, 0.3) is 0 Å². The Morgan fingerprint density at radius 1 is 1.40 bits per heavy atom. The Kier molecular flexibility index (Phi) is 7.22. The average molecular weight is 283 g/mol. The van der Waals surface area contributed by atoms with Crippen molar-refractivity contribution < 1.29 is 14.4 Å². The molecule has 0 amide bonds. The lowest BCUT2D eigenvalue weighted by molar-refractivity contribution is -0.141. The molecule has 0 fully saturated rings. The molecule has 1 rings (SSSR count). The van der Waals surface area contributed by atoms with E-state index in [1.165, 1.54) is 0 Å². The topological polar surface area (TPSA) is 88.2 Å². The first-order valence-corrected chi connectivity index (χ1v) is 7.30. The van der Waals surface area contributed by atoms with Crippen LogP contribution in [-0.4, -0.2) is 27.3 Å². The maximum absolute atomic E-state index is 10.7. The minimum absolute atomic E-state index is 0.269. The Morgan fingerprint density at radius 3 is 2.80 bits per heavy atom. The van der Waals surface area contributed by atoms with Gasteiger partial charge in [0, 0.05) is 12.5 Å². The molecule has 0 aliphatic carbocycles. The second-order valence-electron chi connectivity index (χ2n) is 5.31. The fourth-order valence-corrected chi connectivity index (χ4v) is 1.90. The fraction of sp³-hybridized carbons (Fsp3) is 0.786. The van der Waals surface area contributed by atoms with Crippen molar-refractivity contribution in [2.45, 2.75) is 65.5 Å². The molecule has 2 unspecified atom stereocenters. The molecule has 2 N–H and O–H groups in total. The third-order valence-electron chi connectivity index (χ3n) is 3.28. The Hall–Kier alpha value is -1.43. The minimum atomic E-state index is -0.722. The summed E-state index contributed by atoms with van der Waals surface area (Å²) < 4.78 is 5.14. The summed E-state index contributed by atoms with van der Waals surface area (Å²) in [6, 6.07) is 0.303. The largest absolute Gasteiger partial charge is 0.481 e. The van der Waals surface area contributed by atoms with E-state index in [4.69, 9.17) is 9.63 Å². The number of aromatic nitrogens is 2. The number of carboxylic acid groups (broad SMARTS) is 1. The summed E-state index contributed by atoms with van der Waals surface area (Å²) in [7, 11) is 0. The maximum atomic E-state index is 10.7. The molecule has 6 heteroatoms. The van der Waals surface area contributed by atoms with E-state index in [9.17, 15) is 4.79 Å². The van der Waals surface area contributed by atoms with Crippen LogP contribution in [0.5, 0.6) is 0 Å². The molecule has 0 aliphatic rings. The lowest BCUT2D eigenvalue weighted by Gasteiger charge is -2.13. The van der Waals surface area contributed by atoms with E-state index in [0.717, 1.165) is 31.5 Å². The van der Waals surface area contributed by atoms with Crippen LogP contribution in [0.15, 0.2) is 4.52 Å². The van der Waals surface area contributed by atoms with Crippen LogP contribution < -0.4 is 5.32 Å². The first kappa shape index (κ1) is 16.6. The van der Waals surface area contributed by atoms with Gasteiger partial charge in [-0.25, -0.2) is 0 Å². The quantitative estimate of drug-likeness (QED) is 0.685. The van der Waals surface area contributed by atoms with Gasteiger partial charge in [-0.2, -0.15) is 4.98 Å². The number of nitrogens with one attached hydrogen (secondary N) is 1. The first-order valence-electron chi connectivity index (χ1n) is 7.30. The lowest BCUT2D eigenvalue weighted by atomic mass is 10.0. The molecule has 1 heterocycles. The Bertz CT molecular complexity index is 406. The highest BCUT2D eigenvalue weighted by molar-refractivity contribution is 5.69. The molecule has 1 aromatic heterocycles. The van der Waals surface area contributed by atoms with Crippen molar-refractivity contribution in [3.8, 4) is 0 Å². The summed E-state index contributed by atoms with van der Waals surface area (Å²) in [5.41, 5.74) is 0. The molecule has 0 saturated carbocycles. The maximum Gasteiger partial charge on any atom is 0.306 e. The van der Waals surface area contributed by atoms with Crippen LogP contribution in [-0.2, 0) is 17.8 Å². The molecule has 2 atom stereocenters. The first-order chi connectivity index (χ1) is 9.52. The molecular formula is C14H25N3O3. The van der Waals surface area contributed by atoms with Crippen molar-refractivity contribution in [1.29, 1.82) is 0 Å². The van der Waals surface area contributed by atoms with Crippen molar-refractivity contribution >= 4 is 5.97 Å². The SMILES string of the molecule is CCCc1noc(CNC(C)CCCC(C)C(=O)O)n1. The van der Waals surface area contributed by atoms with Crippen LogP contribution in [0.1, 0.15) is 58.2 Å². The highest BCUT2D eigenvalue weighted by Gasteiger charge is 2.12. The molecule has 0 radical (unpaired) electrons. The number of rotatable bonds is 10. The van der Waals surface area contributed by atoms with E-state index in [2.05, 4.69) is 29.3 Å². The van der Waals surface area contributed by atoms with Gasteiger partial charge in [0.05, 0.1) is 12.5 Å². The molecular weight excluding hydrogens is 258 g/mol. The van der Waals surface area contributed by atoms with Crippen molar-refractivity contribution in [1.82, 2.24) is 15.5 Å². The zero-order valence-electron chi connectivity index (χ0n) is 12.6. The van der Waals surface area contributed by atoms with Gasteiger partial charge in [-0.15, -0.1) is 0 Å². The number of aryl methyl sites for hydroxylation is 1. The summed E-state index contributed by atoms with van der Waals surface area (Å²) in [5.74, 6) is 0.376. The van der Waals surface area contributed by atoms with Gasteiger partial charge in [0.2, 0.25) is 5.89 Å². The van der Waals surface area contributed by atoms with Crippen LogP contribution in [0.3, 0.4) is 0 Å². The van der Waals surface area contributed by atoms with Gasteiger partial charge in [-0.1, -0.05) is 25.4 Å². The normalized spacial score (nSPS) is 14.2. The molecule has 0 saturated heterocycles. The fourth-order valence-electron chi connectivity index (χ4n) is 1.90. The van der Waals surface area contributed by atoms with Crippen LogP contribution in [0, 0.1) is 5.92 Å². The lowest BCUT2D eigenvalue weighted by Crippen LogP contribution is -2.25. The van der Waals surface area contributed by atoms with Gasteiger partial charge in [-0.05, 0) is 26.2 Å². The minimum Gasteiger partial charge on any atom is -0.481 e. The summed E-state index contributed by atoms with van der Waals surface area (Å²) >= 11 is 0. The Labute approximate surface area is 120 Å². The van der Waals surface area contributed by atoms with Gasteiger partial charge < -0.3 is 14.9 Å². The van der Waals surface area contributed by atoms with Gasteiger partial charge >= 0.3 is 5.97 Å². The molecule has 0 aliphatic heterocycles. The van der Waals surface area contributed by atoms with Crippen molar-refractivity contribution in [3.05, 3.63) is 11.7 Å². The van der Waals surface area contributed by atoms with Gasteiger partial charge in [0.15, 0.2) is 5.82 Å². The molecule has 6 nitrogen and oxygen atoms in total. The van der Waals surface area contributed by atoms with E-state index in [0.29, 0.717) is 24.9 Å². The van der Waals surface area contributed by atoms with E-state index < -0.39 is 5.97 Å². The Balaban J connectivity index is 2.18. The summed E-state index contributed by atoms with van der Waals surface area (Å²) in [4.78, 5) is 15.0. The third-order valence-corrected chi connectivity index (χ3v) is 3.28. The van der Waals surface area contributed by atoms with Crippen LogP contribution >= 0.6 is 0 Å². The highest BCUT2D eigenvalue weighted by atomic mass is 16.5. The number of hydrogen-bond donors (Lipinski definition) is 2. The van der Waals surface area contributed by atoms with Crippen molar-refractivity contribution in [2.75, 3.05) is 0 Å². The third kappa shape index (κ3) is 6.14. The van der Waals surface area contributed by atoms with Crippen molar-refractivity contribution in [2.24, 2.45) is 5.92 Å². The van der Waals surface area contributed by atoms with Crippen LogP contribution in [0.4, 0.5) is 0 Å². The predicted octanol–water partition coefficient (Wildman–Crippen LogP) is 2.39. The Morgan fingerprint density at radius 2 is 2.15 bits per heavy atom. The number of carbonyl (C=O) groups is 1. The van der Waals surface area contributed by atoms with E-state index in [1.807, 2.05) is 0 Å². The molecule has 114 valence electrons. The second kappa shape index (κ2) is 8.68. The molecule has 0 spiro atoms. The zero-order valence-corrected chi connectivity index (χ0v) is 12.6. The number of nitrogens with zero attached hydrogens (tertiary/aromatic N) is 2. The molecule has 0 bridgehead atoms. The van der Waals surface area contributed by atoms with Crippen molar-refractivity contribution in [3.63, 3.8) is 0 Å². The average Bonchev–Trinajstić information content (AvgIpc) is 2.84. The zero-order chi connectivity index (χ0) is 15.0. The number of aliphatic carboxylic acids is 1. The molecule has 0 aromatic carbocycles. The van der Waals surface area contributed by atoms with E-state index in [-0.39, 0.29) is 5.92 Å². The second-order valence-corrected chi connectivity index (χ2v) is 5.31. The smallest absolute Gasteiger partial charge is 0.306 e. The van der Waals surface area contributed by atoms with E-state index in [1.54, 1.807) is 6.92 Å². The van der Waals surface area contributed by atoms with Gasteiger partial charge in [0.1, 0.15) is 0 Å². The summed E-state index contributed by atoms with van der Waals surface area (Å²) in [5, 5.41) is 16.0. The van der Waals surface area contributed by atoms with Crippen LogP contribution in [0.25, 0.3) is 0 Å². The number of hydrogen-bond acceptors (Lipinski definition) is 5. The molecule has 1 aromatic rings. The van der Waals surface area contributed by atoms with E-state index >= 15 is 0 Å². The number of carboxylic acids is 1. The summed E-state index contributed by atoms with van der Waals surface area (Å²) in [6.07, 6.45) is 4.39. The highest BCUT2D eigenvalue weighted by Crippen LogP contribution is 2.10.